The number of hydrogen-bond acceptors (Lipinski definition) is 5. The molecule has 0 spiro atoms. The van der Waals surface area contributed by atoms with Gasteiger partial charge in [-0.1, -0.05) is 23.4 Å². The summed E-state index contributed by atoms with van der Waals surface area (Å²) in [6.45, 7) is 1.79. The molecule has 0 aliphatic carbocycles. The lowest BCUT2D eigenvalue weighted by Gasteiger charge is -2.15. The average molecular weight is 388 g/mol. The number of imidazole rings is 1. The fourth-order valence-electron chi connectivity index (χ4n) is 2.70. The van der Waals surface area contributed by atoms with E-state index in [1.807, 2.05) is 17.7 Å². The molecule has 1 aromatic heterocycles. The minimum Gasteiger partial charge on any atom is -0.351 e. The molecule has 1 aliphatic rings. The quantitative estimate of drug-likeness (QED) is 0.811. The van der Waals surface area contributed by atoms with Gasteiger partial charge in [0.15, 0.2) is 15.0 Å². The summed E-state index contributed by atoms with van der Waals surface area (Å²) in [6.07, 6.45) is 0.482. The normalized spacial score (nSPS) is 21.0. The van der Waals surface area contributed by atoms with Crippen molar-refractivity contribution in [2.24, 2.45) is 7.05 Å². The summed E-state index contributed by atoms with van der Waals surface area (Å²) in [7, 11) is -1.12. The van der Waals surface area contributed by atoms with Gasteiger partial charge < -0.3 is 9.88 Å². The van der Waals surface area contributed by atoms with Gasteiger partial charge in [0, 0.05) is 18.1 Å². The summed E-state index contributed by atoms with van der Waals surface area (Å²) in [5.41, 5.74) is 1.72. The van der Waals surface area contributed by atoms with Crippen LogP contribution in [0.2, 0.25) is 5.02 Å². The number of amides is 1. The van der Waals surface area contributed by atoms with Crippen LogP contribution in [0.1, 0.15) is 13.3 Å². The first-order valence-corrected chi connectivity index (χ1v) is 10.6. The highest BCUT2D eigenvalue weighted by Gasteiger charge is 2.30. The number of aromatic nitrogens is 2. The largest absolute Gasteiger partial charge is 0.351 e. The van der Waals surface area contributed by atoms with Crippen LogP contribution in [0.15, 0.2) is 23.4 Å². The highest BCUT2D eigenvalue weighted by molar-refractivity contribution is 8.00. The molecule has 1 aliphatic heterocycles. The Morgan fingerprint density at radius 2 is 2.25 bits per heavy atom. The lowest BCUT2D eigenvalue weighted by molar-refractivity contribution is -0.120. The van der Waals surface area contributed by atoms with E-state index in [-0.39, 0.29) is 28.7 Å². The van der Waals surface area contributed by atoms with Crippen molar-refractivity contribution in [2.45, 2.75) is 29.8 Å². The smallest absolute Gasteiger partial charge is 0.233 e. The number of benzene rings is 1. The lowest BCUT2D eigenvalue weighted by atomic mass is 10.2. The zero-order valence-electron chi connectivity index (χ0n) is 13.3. The maximum atomic E-state index is 12.3. The number of halogens is 1. The molecule has 2 aromatic rings. The summed E-state index contributed by atoms with van der Waals surface area (Å²) in [5, 5.41) is 3.78. The first-order valence-electron chi connectivity index (χ1n) is 7.54. The van der Waals surface area contributed by atoms with E-state index in [9.17, 15) is 13.2 Å². The molecule has 2 unspecified atom stereocenters. The average Bonchev–Trinajstić information content (AvgIpc) is 2.99. The molecule has 2 atom stereocenters. The highest BCUT2D eigenvalue weighted by atomic mass is 35.5. The molecule has 1 aromatic carbocycles. The fourth-order valence-corrected chi connectivity index (χ4v) is 5.43. The molecule has 6 nitrogen and oxygen atoms in total. The Bertz CT molecular complexity index is 895. The maximum absolute atomic E-state index is 12.3. The summed E-state index contributed by atoms with van der Waals surface area (Å²) in [4.78, 5) is 16.8. The standard InChI is InChI=1S/C15H18ClN3O3S2/c1-9(14(20)17-11-5-6-24(21,22)8-11)23-15-18-12-7-10(16)3-4-13(12)19(15)2/h3-4,7,9,11H,5-6,8H2,1-2H3,(H,17,20). The van der Waals surface area contributed by atoms with Crippen LogP contribution in [0.4, 0.5) is 0 Å². The second-order valence-electron chi connectivity index (χ2n) is 5.96. The molecule has 0 radical (unpaired) electrons. The van der Waals surface area contributed by atoms with E-state index in [1.165, 1.54) is 11.8 Å². The molecule has 1 fully saturated rings. The van der Waals surface area contributed by atoms with Gasteiger partial charge >= 0.3 is 0 Å². The first kappa shape index (κ1) is 17.6. The van der Waals surface area contributed by atoms with E-state index in [1.54, 1.807) is 19.1 Å². The molecule has 1 saturated heterocycles. The highest BCUT2D eigenvalue weighted by Crippen LogP contribution is 2.28. The van der Waals surface area contributed by atoms with E-state index in [0.29, 0.717) is 16.6 Å². The van der Waals surface area contributed by atoms with Crippen LogP contribution in [-0.4, -0.2) is 46.7 Å². The Morgan fingerprint density at radius 3 is 2.92 bits per heavy atom. The predicted octanol–water partition coefficient (Wildman–Crippen LogP) is 2.01. The second-order valence-corrected chi connectivity index (χ2v) is 9.93. The number of carbonyl (C=O) groups is 1. The van der Waals surface area contributed by atoms with Gasteiger partial charge in [0.05, 0.1) is 27.8 Å². The van der Waals surface area contributed by atoms with Crippen molar-refractivity contribution in [3.8, 4) is 0 Å². The van der Waals surface area contributed by atoms with Crippen molar-refractivity contribution in [3.05, 3.63) is 23.2 Å². The van der Waals surface area contributed by atoms with Gasteiger partial charge in [-0.2, -0.15) is 0 Å². The Hall–Kier alpha value is -1.25. The summed E-state index contributed by atoms with van der Waals surface area (Å²) >= 11 is 7.33. The minimum atomic E-state index is -3.00. The zero-order valence-corrected chi connectivity index (χ0v) is 15.7. The monoisotopic (exact) mass is 387 g/mol. The van der Waals surface area contributed by atoms with Crippen LogP contribution in [0.5, 0.6) is 0 Å². The number of rotatable bonds is 4. The Morgan fingerprint density at radius 1 is 1.50 bits per heavy atom. The number of nitrogens with zero attached hydrogens (tertiary/aromatic N) is 2. The number of nitrogens with one attached hydrogen (secondary N) is 1. The third-order valence-corrected chi connectivity index (χ3v) is 7.18. The fraction of sp³-hybridized carbons (Fsp3) is 0.467. The Kier molecular flexibility index (Phi) is 4.81. The van der Waals surface area contributed by atoms with E-state index >= 15 is 0 Å². The summed E-state index contributed by atoms with van der Waals surface area (Å²) in [5.74, 6) is -0.00138. The molecule has 1 amide bonds. The SMILES string of the molecule is CC(Sc1nc2cc(Cl)ccc2n1C)C(=O)NC1CCS(=O)(=O)C1. The van der Waals surface area contributed by atoms with Crippen molar-refractivity contribution >= 4 is 50.1 Å². The zero-order chi connectivity index (χ0) is 17.5. The summed E-state index contributed by atoms with van der Waals surface area (Å²) < 4.78 is 24.9. The molecule has 0 saturated carbocycles. The van der Waals surface area contributed by atoms with Crippen LogP contribution < -0.4 is 5.32 Å². The second kappa shape index (κ2) is 6.57. The third kappa shape index (κ3) is 3.70. The number of sulfone groups is 1. The minimum absolute atomic E-state index is 0.0287. The molecule has 3 rings (SSSR count). The maximum Gasteiger partial charge on any atom is 0.233 e. The molecule has 2 heterocycles. The number of carbonyl (C=O) groups excluding carboxylic acids is 1. The van der Waals surface area contributed by atoms with Crippen LogP contribution in [-0.2, 0) is 21.7 Å². The number of hydrogen-bond donors (Lipinski definition) is 1. The molecule has 9 heteroatoms. The van der Waals surface area contributed by atoms with E-state index in [4.69, 9.17) is 11.6 Å². The van der Waals surface area contributed by atoms with Crippen molar-refractivity contribution in [1.29, 1.82) is 0 Å². The third-order valence-electron chi connectivity index (χ3n) is 4.03. The predicted molar refractivity (Wildman–Crippen MR) is 96.2 cm³/mol. The van der Waals surface area contributed by atoms with Crippen LogP contribution in [0, 0.1) is 0 Å². The van der Waals surface area contributed by atoms with Crippen molar-refractivity contribution in [3.63, 3.8) is 0 Å². The Labute approximate surface area is 149 Å². The van der Waals surface area contributed by atoms with Gasteiger partial charge in [-0.05, 0) is 31.5 Å². The molecule has 24 heavy (non-hydrogen) atoms. The number of fused-ring (bicyclic) bond motifs is 1. The number of thioether (sulfide) groups is 1. The van der Waals surface area contributed by atoms with Gasteiger partial charge in [-0.15, -0.1) is 0 Å². The van der Waals surface area contributed by atoms with E-state index in [0.717, 1.165) is 11.0 Å². The Balaban J connectivity index is 1.69. The molecular weight excluding hydrogens is 370 g/mol. The van der Waals surface area contributed by atoms with Crippen molar-refractivity contribution < 1.29 is 13.2 Å². The lowest BCUT2D eigenvalue weighted by Crippen LogP contribution is -2.40. The van der Waals surface area contributed by atoms with E-state index in [2.05, 4.69) is 10.3 Å². The van der Waals surface area contributed by atoms with Crippen LogP contribution >= 0.6 is 23.4 Å². The van der Waals surface area contributed by atoms with Crippen LogP contribution in [0.25, 0.3) is 11.0 Å². The summed E-state index contributed by atoms with van der Waals surface area (Å²) in [6, 6.07) is 5.19. The number of aryl methyl sites for hydroxylation is 1. The van der Waals surface area contributed by atoms with Gasteiger partial charge in [0.2, 0.25) is 5.91 Å². The van der Waals surface area contributed by atoms with Crippen molar-refractivity contribution in [1.82, 2.24) is 14.9 Å². The first-order chi connectivity index (χ1) is 11.2. The molecule has 1 N–H and O–H groups in total. The van der Waals surface area contributed by atoms with Gasteiger partial charge in [-0.3, -0.25) is 4.79 Å². The van der Waals surface area contributed by atoms with Gasteiger partial charge in [-0.25, -0.2) is 13.4 Å². The molecule has 0 bridgehead atoms. The van der Waals surface area contributed by atoms with Gasteiger partial charge in [0.25, 0.3) is 0 Å². The topological polar surface area (TPSA) is 81.1 Å². The molecule has 130 valence electrons. The van der Waals surface area contributed by atoms with Crippen LogP contribution in [0.3, 0.4) is 0 Å². The molecular formula is C15H18ClN3O3S2. The van der Waals surface area contributed by atoms with Crippen molar-refractivity contribution in [2.75, 3.05) is 11.5 Å². The van der Waals surface area contributed by atoms with E-state index < -0.39 is 9.84 Å². The van der Waals surface area contributed by atoms with Gasteiger partial charge in [0.1, 0.15) is 0 Å².